The molecule has 0 atom stereocenters. The van der Waals surface area contributed by atoms with Crippen molar-refractivity contribution >= 4 is 23.1 Å². The van der Waals surface area contributed by atoms with Gasteiger partial charge >= 0.3 is 0 Å². The predicted octanol–water partition coefficient (Wildman–Crippen LogP) is 6.14. The molecule has 0 aliphatic rings. The molecule has 1 aromatic carbocycles. The van der Waals surface area contributed by atoms with E-state index in [1.54, 1.807) is 11.8 Å². The number of nitrogens with zero attached hydrogens (tertiary/aromatic N) is 3. The third-order valence-corrected chi connectivity index (χ3v) is 6.48. The van der Waals surface area contributed by atoms with Gasteiger partial charge < -0.3 is 4.57 Å². The van der Waals surface area contributed by atoms with Gasteiger partial charge in [-0.15, -0.1) is 21.5 Å². The molecule has 2 aromatic heterocycles. The molecule has 25 heavy (non-hydrogen) atoms. The van der Waals surface area contributed by atoms with Crippen LogP contribution in [0.4, 0.5) is 0 Å². The summed E-state index contributed by atoms with van der Waals surface area (Å²) in [5.74, 6) is 2.48. The highest BCUT2D eigenvalue weighted by atomic mass is 32.2. The molecule has 132 valence electrons. The zero-order valence-corrected chi connectivity index (χ0v) is 17.0. The smallest absolute Gasteiger partial charge is 0.191 e. The Hall–Kier alpha value is -1.59. The molecule has 0 amide bonds. The molecule has 0 saturated carbocycles. The molecule has 0 radical (unpaired) electrons. The largest absolute Gasteiger partial charge is 0.302 e. The van der Waals surface area contributed by atoms with Gasteiger partial charge in [-0.05, 0) is 36.5 Å². The average molecular weight is 372 g/mol. The minimum Gasteiger partial charge on any atom is -0.302 e. The summed E-state index contributed by atoms with van der Waals surface area (Å²) in [5, 5.41) is 12.2. The first kappa shape index (κ1) is 18.2. The lowest BCUT2D eigenvalue weighted by molar-refractivity contribution is 0.626. The van der Waals surface area contributed by atoms with Crippen LogP contribution in [-0.4, -0.2) is 14.8 Å². The SMILES string of the molecule is CCCn1c(SCc2ccccc2C)nnc1-c1csc(C(C)C)c1. The van der Waals surface area contributed by atoms with Gasteiger partial charge in [0.15, 0.2) is 11.0 Å². The molecule has 0 bridgehead atoms. The summed E-state index contributed by atoms with van der Waals surface area (Å²) in [6.07, 6.45) is 1.07. The Bertz CT molecular complexity index is 833. The van der Waals surface area contributed by atoms with Crippen LogP contribution in [-0.2, 0) is 12.3 Å². The maximum absolute atomic E-state index is 4.51. The lowest BCUT2D eigenvalue weighted by Gasteiger charge is -2.09. The first-order valence-corrected chi connectivity index (χ1v) is 10.7. The van der Waals surface area contributed by atoms with Crippen LogP contribution < -0.4 is 0 Å². The average Bonchev–Trinajstić information content (AvgIpc) is 3.22. The molecule has 0 unspecified atom stereocenters. The Balaban J connectivity index is 1.85. The molecule has 0 saturated heterocycles. The van der Waals surface area contributed by atoms with Crippen molar-refractivity contribution in [3.63, 3.8) is 0 Å². The summed E-state index contributed by atoms with van der Waals surface area (Å²) in [5.41, 5.74) is 3.88. The van der Waals surface area contributed by atoms with Gasteiger partial charge in [-0.1, -0.05) is 56.8 Å². The van der Waals surface area contributed by atoms with Crippen molar-refractivity contribution in [1.29, 1.82) is 0 Å². The molecule has 5 heteroatoms. The van der Waals surface area contributed by atoms with Crippen LogP contribution >= 0.6 is 23.1 Å². The van der Waals surface area contributed by atoms with Gasteiger partial charge in [0.25, 0.3) is 0 Å². The van der Waals surface area contributed by atoms with Crippen molar-refractivity contribution in [2.75, 3.05) is 0 Å². The topological polar surface area (TPSA) is 30.7 Å². The standard InChI is InChI=1S/C20H25N3S2/c1-5-10-23-19(17-11-18(14(2)3)24-13-17)21-22-20(23)25-12-16-9-7-6-8-15(16)4/h6-9,11,13-14H,5,10,12H2,1-4H3. The van der Waals surface area contributed by atoms with E-state index in [-0.39, 0.29) is 0 Å². The lowest BCUT2D eigenvalue weighted by atomic mass is 10.1. The zero-order valence-electron chi connectivity index (χ0n) is 15.3. The van der Waals surface area contributed by atoms with Crippen LogP contribution in [0.3, 0.4) is 0 Å². The molecule has 2 heterocycles. The second kappa shape index (κ2) is 8.19. The quantitative estimate of drug-likeness (QED) is 0.467. The monoisotopic (exact) mass is 371 g/mol. The van der Waals surface area contributed by atoms with Gasteiger partial charge in [0.2, 0.25) is 0 Å². The van der Waals surface area contributed by atoms with Crippen LogP contribution in [0.5, 0.6) is 0 Å². The highest BCUT2D eigenvalue weighted by molar-refractivity contribution is 7.98. The predicted molar refractivity (Wildman–Crippen MR) is 108 cm³/mol. The number of thioether (sulfide) groups is 1. The molecule has 0 spiro atoms. The van der Waals surface area contributed by atoms with Gasteiger partial charge in [-0.3, -0.25) is 0 Å². The lowest BCUT2D eigenvalue weighted by Crippen LogP contribution is -2.01. The summed E-state index contributed by atoms with van der Waals surface area (Å²) < 4.78 is 2.27. The maximum Gasteiger partial charge on any atom is 0.191 e. The maximum atomic E-state index is 4.51. The van der Waals surface area contributed by atoms with E-state index < -0.39 is 0 Å². The van der Waals surface area contributed by atoms with E-state index in [1.807, 2.05) is 11.3 Å². The van der Waals surface area contributed by atoms with E-state index in [1.165, 1.54) is 21.6 Å². The molecule has 0 N–H and O–H groups in total. The van der Waals surface area contributed by atoms with Gasteiger partial charge in [0.1, 0.15) is 0 Å². The van der Waals surface area contributed by atoms with E-state index in [4.69, 9.17) is 0 Å². The van der Waals surface area contributed by atoms with Crippen LogP contribution in [0.1, 0.15) is 49.1 Å². The molecular weight excluding hydrogens is 346 g/mol. The first-order chi connectivity index (χ1) is 12.1. The van der Waals surface area contributed by atoms with Crippen molar-refractivity contribution < 1.29 is 0 Å². The fourth-order valence-electron chi connectivity index (χ4n) is 2.72. The van der Waals surface area contributed by atoms with Crippen molar-refractivity contribution in [2.24, 2.45) is 0 Å². The molecule has 3 aromatic rings. The minimum absolute atomic E-state index is 0.552. The molecule has 3 nitrogen and oxygen atoms in total. The van der Waals surface area contributed by atoms with E-state index in [0.29, 0.717) is 5.92 Å². The van der Waals surface area contributed by atoms with Gasteiger partial charge in [0, 0.05) is 28.1 Å². The summed E-state index contributed by atoms with van der Waals surface area (Å²) >= 11 is 3.59. The van der Waals surface area contributed by atoms with Crippen LogP contribution in [0, 0.1) is 6.92 Å². The van der Waals surface area contributed by atoms with E-state index in [0.717, 1.165) is 29.7 Å². The van der Waals surface area contributed by atoms with Crippen molar-refractivity contribution in [3.05, 3.63) is 51.7 Å². The highest BCUT2D eigenvalue weighted by Gasteiger charge is 2.16. The Labute approximate surface area is 158 Å². The highest BCUT2D eigenvalue weighted by Crippen LogP contribution is 2.32. The Morgan fingerprint density at radius 3 is 2.68 bits per heavy atom. The molecule has 0 fully saturated rings. The Morgan fingerprint density at radius 2 is 2.00 bits per heavy atom. The van der Waals surface area contributed by atoms with E-state index >= 15 is 0 Å². The summed E-state index contributed by atoms with van der Waals surface area (Å²) in [7, 11) is 0. The molecule has 3 rings (SSSR count). The van der Waals surface area contributed by atoms with Crippen molar-refractivity contribution in [1.82, 2.24) is 14.8 Å². The number of aryl methyl sites for hydroxylation is 1. The zero-order chi connectivity index (χ0) is 17.8. The second-order valence-corrected chi connectivity index (χ2v) is 8.45. The number of benzene rings is 1. The third-order valence-electron chi connectivity index (χ3n) is 4.23. The van der Waals surface area contributed by atoms with Gasteiger partial charge in [-0.2, -0.15) is 0 Å². The summed E-state index contributed by atoms with van der Waals surface area (Å²) in [6, 6.07) is 10.8. The number of rotatable bonds is 7. The fraction of sp³-hybridized carbons (Fsp3) is 0.400. The summed E-state index contributed by atoms with van der Waals surface area (Å²) in [4.78, 5) is 1.40. The first-order valence-electron chi connectivity index (χ1n) is 8.79. The number of aromatic nitrogens is 3. The third kappa shape index (κ3) is 4.15. The van der Waals surface area contributed by atoms with Crippen molar-refractivity contribution in [2.45, 2.75) is 57.5 Å². The van der Waals surface area contributed by atoms with Crippen LogP contribution in [0.2, 0.25) is 0 Å². The van der Waals surface area contributed by atoms with E-state index in [2.05, 4.69) is 78.2 Å². The molecule has 0 aliphatic carbocycles. The number of hydrogen-bond donors (Lipinski definition) is 0. The molecular formula is C20H25N3S2. The molecule has 0 aliphatic heterocycles. The Kier molecular flexibility index (Phi) is 5.97. The van der Waals surface area contributed by atoms with Crippen LogP contribution in [0.15, 0.2) is 40.9 Å². The second-order valence-electron chi connectivity index (χ2n) is 6.57. The van der Waals surface area contributed by atoms with E-state index in [9.17, 15) is 0 Å². The van der Waals surface area contributed by atoms with Crippen molar-refractivity contribution in [3.8, 4) is 11.4 Å². The normalized spacial score (nSPS) is 11.4. The Morgan fingerprint density at radius 1 is 1.20 bits per heavy atom. The number of hydrogen-bond acceptors (Lipinski definition) is 4. The summed E-state index contributed by atoms with van der Waals surface area (Å²) in [6.45, 7) is 9.78. The van der Waals surface area contributed by atoms with Gasteiger partial charge in [0.05, 0.1) is 0 Å². The minimum atomic E-state index is 0.552. The van der Waals surface area contributed by atoms with Crippen LogP contribution in [0.25, 0.3) is 11.4 Å². The fourth-order valence-corrected chi connectivity index (χ4v) is 4.67. The van der Waals surface area contributed by atoms with Gasteiger partial charge in [-0.25, -0.2) is 0 Å². The number of thiophene rings is 1.